The topological polar surface area (TPSA) is 22.4 Å². The summed E-state index contributed by atoms with van der Waals surface area (Å²) in [5.41, 5.74) is 11.3. The summed E-state index contributed by atoms with van der Waals surface area (Å²) in [6.45, 7) is 0. The average molecular weight is 631 g/mol. The molecule has 3 heteroatoms. The molecule has 0 N–H and O–H groups in total. The molecular formula is C45H26O2S. The molecule has 3 heterocycles. The summed E-state index contributed by atoms with van der Waals surface area (Å²) in [5, 5.41) is 4.65. The number of rotatable bonds is 2. The molecule has 11 rings (SSSR count). The van der Waals surface area contributed by atoms with Crippen LogP contribution in [0.15, 0.2) is 162 Å². The van der Waals surface area contributed by atoms with Crippen LogP contribution in [0, 0.1) is 0 Å². The molecule has 2 aliphatic rings. The molecule has 0 fully saturated rings. The third-order valence-electron chi connectivity index (χ3n) is 10.4. The van der Waals surface area contributed by atoms with Gasteiger partial charge in [0.15, 0.2) is 0 Å². The van der Waals surface area contributed by atoms with Crippen LogP contribution in [0.4, 0.5) is 0 Å². The SMILES string of the molecule is c1ccc2c(c1)Oc1cc(-c3ccc(-c4cccc5oc6c7ccccc7ccc6c45)s3)ccc1C21c2ccccc2-c2ccccc21. The maximum Gasteiger partial charge on any atom is 0.143 e. The Balaban J connectivity index is 1.08. The summed E-state index contributed by atoms with van der Waals surface area (Å²) >= 11 is 1.81. The molecule has 224 valence electrons. The summed E-state index contributed by atoms with van der Waals surface area (Å²) in [6.07, 6.45) is 0. The van der Waals surface area contributed by atoms with E-state index >= 15 is 0 Å². The molecule has 0 atom stereocenters. The summed E-state index contributed by atoms with van der Waals surface area (Å²) in [4.78, 5) is 2.41. The van der Waals surface area contributed by atoms with Gasteiger partial charge in [-0.25, -0.2) is 0 Å². The van der Waals surface area contributed by atoms with Crippen molar-refractivity contribution in [3.05, 3.63) is 180 Å². The molecule has 7 aromatic carbocycles. The molecule has 0 bridgehead atoms. The van der Waals surface area contributed by atoms with Crippen molar-refractivity contribution in [3.63, 3.8) is 0 Å². The molecule has 48 heavy (non-hydrogen) atoms. The van der Waals surface area contributed by atoms with Gasteiger partial charge in [-0.15, -0.1) is 11.3 Å². The zero-order chi connectivity index (χ0) is 31.4. The van der Waals surface area contributed by atoms with Gasteiger partial charge < -0.3 is 9.15 Å². The molecule has 0 radical (unpaired) electrons. The first-order chi connectivity index (χ1) is 23.8. The van der Waals surface area contributed by atoms with Gasteiger partial charge in [0, 0.05) is 42.6 Å². The molecule has 0 saturated heterocycles. The Morgan fingerprint density at radius 2 is 1.15 bits per heavy atom. The second kappa shape index (κ2) is 9.57. The number of ether oxygens (including phenoxy) is 1. The van der Waals surface area contributed by atoms with Gasteiger partial charge in [-0.1, -0.05) is 121 Å². The van der Waals surface area contributed by atoms with E-state index in [1.165, 1.54) is 54.1 Å². The average Bonchev–Trinajstić information content (AvgIpc) is 3.86. The summed E-state index contributed by atoms with van der Waals surface area (Å²) in [6, 6.07) is 56.8. The lowest BCUT2D eigenvalue weighted by Crippen LogP contribution is -2.32. The van der Waals surface area contributed by atoms with Crippen LogP contribution in [-0.2, 0) is 5.41 Å². The number of para-hydroxylation sites is 1. The van der Waals surface area contributed by atoms with Crippen molar-refractivity contribution in [1.29, 1.82) is 0 Å². The van der Waals surface area contributed by atoms with E-state index in [0.29, 0.717) is 0 Å². The Bertz CT molecular complexity index is 2730. The zero-order valence-electron chi connectivity index (χ0n) is 25.7. The second-order valence-corrected chi connectivity index (χ2v) is 13.8. The van der Waals surface area contributed by atoms with Gasteiger partial charge >= 0.3 is 0 Å². The molecule has 0 saturated carbocycles. The molecule has 1 spiro atoms. The smallest absolute Gasteiger partial charge is 0.143 e. The first-order valence-electron chi connectivity index (χ1n) is 16.3. The van der Waals surface area contributed by atoms with Gasteiger partial charge in [0.05, 0.1) is 5.41 Å². The van der Waals surface area contributed by atoms with Crippen LogP contribution in [0.3, 0.4) is 0 Å². The maximum absolute atomic E-state index is 6.77. The number of furan rings is 1. The first kappa shape index (κ1) is 26.2. The molecular weight excluding hydrogens is 605 g/mol. The fourth-order valence-electron chi connectivity index (χ4n) is 8.41. The lowest BCUT2D eigenvalue weighted by atomic mass is 9.66. The van der Waals surface area contributed by atoms with Crippen molar-refractivity contribution in [1.82, 2.24) is 0 Å². The lowest BCUT2D eigenvalue weighted by Gasteiger charge is -2.39. The standard InChI is InChI=1S/C45H26O2S/c1-2-11-29-27(10-1)20-22-33-43-32(14-9-19-39(43)47-44(29)33)42-25-24-41(48-42)28-21-23-37-40(26-28)46-38-18-8-7-17-36(38)45(37)34-15-5-3-12-30(34)31-13-4-6-16-35(31)45/h1-26H. The van der Waals surface area contributed by atoms with Crippen molar-refractivity contribution in [2.24, 2.45) is 0 Å². The number of hydrogen-bond acceptors (Lipinski definition) is 3. The highest BCUT2D eigenvalue weighted by Gasteiger charge is 2.50. The van der Waals surface area contributed by atoms with Gasteiger partial charge in [-0.2, -0.15) is 0 Å². The van der Waals surface area contributed by atoms with Crippen LogP contribution in [0.5, 0.6) is 11.5 Å². The number of fused-ring (bicyclic) bond motifs is 14. The highest BCUT2D eigenvalue weighted by Crippen LogP contribution is 2.62. The predicted octanol–water partition coefficient (Wildman–Crippen LogP) is 12.6. The van der Waals surface area contributed by atoms with Gasteiger partial charge in [0.25, 0.3) is 0 Å². The van der Waals surface area contributed by atoms with Crippen molar-refractivity contribution in [2.45, 2.75) is 5.41 Å². The molecule has 0 unspecified atom stereocenters. The Morgan fingerprint density at radius 3 is 2.00 bits per heavy atom. The molecule has 1 aliphatic carbocycles. The van der Waals surface area contributed by atoms with Gasteiger partial charge in [0.1, 0.15) is 22.7 Å². The summed E-state index contributed by atoms with van der Waals surface area (Å²) in [5.74, 6) is 1.81. The van der Waals surface area contributed by atoms with Crippen LogP contribution >= 0.6 is 11.3 Å². The van der Waals surface area contributed by atoms with E-state index in [-0.39, 0.29) is 0 Å². The number of hydrogen-bond donors (Lipinski definition) is 0. The van der Waals surface area contributed by atoms with E-state index in [0.717, 1.165) is 44.4 Å². The summed E-state index contributed by atoms with van der Waals surface area (Å²) < 4.78 is 13.3. The maximum atomic E-state index is 6.77. The third kappa shape index (κ3) is 3.36. The van der Waals surface area contributed by atoms with Gasteiger partial charge in [0.2, 0.25) is 0 Å². The minimum absolute atomic E-state index is 0.446. The van der Waals surface area contributed by atoms with Crippen molar-refractivity contribution >= 4 is 44.0 Å². The largest absolute Gasteiger partial charge is 0.457 e. The van der Waals surface area contributed by atoms with Gasteiger partial charge in [-0.05, 0) is 69.6 Å². The minimum atomic E-state index is -0.446. The third-order valence-corrected chi connectivity index (χ3v) is 11.6. The normalized spacial score (nSPS) is 13.8. The number of benzene rings is 7. The Kier molecular flexibility index (Phi) is 5.22. The lowest BCUT2D eigenvalue weighted by molar-refractivity contribution is 0.436. The highest BCUT2D eigenvalue weighted by molar-refractivity contribution is 7.19. The van der Waals surface area contributed by atoms with Crippen LogP contribution in [0.1, 0.15) is 22.3 Å². The zero-order valence-corrected chi connectivity index (χ0v) is 26.6. The molecule has 2 aromatic heterocycles. The van der Waals surface area contributed by atoms with E-state index < -0.39 is 5.41 Å². The van der Waals surface area contributed by atoms with Crippen LogP contribution in [0.2, 0.25) is 0 Å². The Labute approximate surface area is 281 Å². The first-order valence-corrected chi connectivity index (χ1v) is 17.2. The summed E-state index contributed by atoms with van der Waals surface area (Å²) in [7, 11) is 0. The monoisotopic (exact) mass is 630 g/mol. The Hall–Kier alpha value is -5.90. The van der Waals surface area contributed by atoms with Crippen LogP contribution in [-0.4, -0.2) is 0 Å². The fraction of sp³-hybridized carbons (Fsp3) is 0.0222. The van der Waals surface area contributed by atoms with Crippen LogP contribution in [0.25, 0.3) is 64.7 Å². The van der Waals surface area contributed by atoms with E-state index in [1.54, 1.807) is 0 Å². The minimum Gasteiger partial charge on any atom is -0.457 e. The molecule has 9 aromatic rings. The molecule has 2 nitrogen and oxygen atoms in total. The van der Waals surface area contributed by atoms with E-state index in [1.807, 2.05) is 11.3 Å². The van der Waals surface area contributed by atoms with Crippen LogP contribution < -0.4 is 4.74 Å². The Morgan fingerprint density at radius 1 is 0.458 bits per heavy atom. The van der Waals surface area contributed by atoms with E-state index in [4.69, 9.17) is 9.15 Å². The fourth-order valence-corrected chi connectivity index (χ4v) is 9.45. The predicted molar refractivity (Wildman–Crippen MR) is 197 cm³/mol. The quantitative estimate of drug-likeness (QED) is 0.190. The van der Waals surface area contributed by atoms with Crippen molar-refractivity contribution in [3.8, 4) is 43.5 Å². The second-order valence-electron chi connectivity index (χ2n) is 12.8. The number of thiophene rings is 1. The molecule has 1 aliphatic heterocycles. The van der Waals surface area contributed by atoms with Crippen molar-refractivity contribution in [2.75, 3.05) is 0 Å². The van der Waals surface area contributed by atoms with Crippen molar-refractivity contribution < 1.29 is 9.15 Å². The van der Waals surface area contributed by atoms with E-state index in [2.05, 4.69) is 158 Å². The van der Waals surface area contributed by atoms with Gasteiger partial charge in [-0.3, -0.25) is 0 Å². The molecule has 0 amide bonds. The highest BCUT2D eigenvalue weighted by atomic mass is 32.1. The van der Waals surface area contributed by atoms with E-state index in [9.17, 15) is 0 Å².